The lowest BCUT2D eigenvalue weighted by Crippen LogP contribution is -2.49. The third-order valence-electron chi connectivity index (χ3n) is 5.78. The van der Waals surface area contributed by atoms with Gasteiger partial charge in [-0.05, 0) is 44.7 Å². The first-order valence-corrected chi connectivity index (χ1v) is 9.94. The van der Waals surface area contributed by atoms with Crippen molar-refractivity contribution < 1.29 is 0 Å². The van der Waals surface area contributed by atoms with Crippen molar-refractivity contribution in [3.8, 4) is 0 Å². The van der Waals surface area contributed by atoms with E-state index in [-0.39, 0.29) is 0 Å². The van der Waals surface area contributed by atoms with E-state index in [9.17, 15) is 0 Å². The highest BCUT2D eigenvalue weighted by molar-refractivity contribution is 5.80. The van der Waals surface area contributed by atoms with Crippen molar-refractivity contribution in [1.29, 1.82) is 0 Å². The van der Waals surface area contributed by atoms with E-state index in [1.807, 2.05) is 12.5 Å². The predicted molar refractivity (Wildman–Crippen MR) is 103 cm³/mol. The Hall–Kier alpha value is -1.56. The van der Waals surface area contributed by atoms with Gasteiger partial charge in [-0.1, -0.05) is 13.8 Å². The number of guanidine groups is 1. The highest BCUT2D eigenvalue weighted by atomic mass is 15.3. The van der Waals surface area contributed by atoms with Crippen LogP contribution in [0.2, 0.25) is 0 Å². The number of nitrogens with zero attached hydrogens (tertiary/aromatic N) is 5. The fourth-order valence-corrected chi connectivity index (χ4v) is 4.09. The van der Waals surface area contributed by atoms with E-state index < -0.39 is 0 Å². The second-order valence-electron chi connectivity index (χ2n) is 7.53. The molecule has 0 amide bonds. The lowest BCUT2D eigenvalue weighted by atomic mass is 9.93. The van der Waals surface area contributed by atoms with Gasteiger partial charge in [-0.15, -0.1) is 0 Å². The Balaban J connectivity index is 1.64. The fourth-order valence-electron chi connectivity index (χ4n) is 4.09. The first kappa shape index (κ1) is 18.2. The molecule has 2 aliphatic heterocycles. The van der Waals surface area contributed by atoms with Crippen LogP contribution in [0, 0.1) is 11.8 Å². The quantitative estimate of drug-likeness (QED) is 0.655. The van der Waals surface area contributed by atoms with Gasteiger partial charge in [-0.3, -0.25) is 4.99 Å². The molecule has 6 nitrogen and oxygen atoms in total. The molecule has 3 unspecified atom stereocenters. The van der Waals surface area contributed by atoms with Crippen LogP contribution in [0.3, 0.4) is 0 Å². The summed E-state index contributed by atoms with van der Waals surface area (Å²) in [5, 5.41) is 3.52. The molecule has 2 aliphatic rings. The maximum atomic E-state index is 5.01. The van der Waals surface area contributed by atoms with Crippen LogP contribution in [0.1, 0.15) is 39.7 Å². The highest BCUT2D eigenvalue weighted by Gasteiger charge is 2.29. The van der Waals surface area contributed by atoms with Crippen LogP contribution in [0.4, 0.5) is 0 Å². The van der Waals surface area contributed by atoms with Gasteiger partial charge < -0.3 is 19.7 Å². The number of imidazole rings is 1. The van der Waals surface area contributed by atoms with Gasteiger partial charge >= 0.3 is 0 Å². The molecule has 0 spiro atoms. The summed E-state index contributed by atoms with van der Waals surface area (Å²) < 4.78 is 2.26. The van der Waals surface area contributed by atoms with Crippen molar-refractivity contribution in [3.05, 3.63) is 18.7 Å². The summed E-state index contributed by atoms with van der Waals surface area (Å²) in [6, 6.07) is 0.474. The average molecular weight is 347 g/mol. The number of likely N-dealkylation sites (tertiary alicyclic amines) is 2. The number of aliphatic imine (C=N–C) groups is 1. The molecule has 3 heterocycles. The minimum Gasteiger partial charge on any atom is -0.357 e. The average Bonchev–Trinajstić information content (AvgIpc) is 3.31. The summed E-state index contributed by atoms with van der Waals surface area (Å²) >= 11 is 0. The Morgan fingerprint density at radius 3 is 2.80 bits per heavy atom. The first-order chi connectivity index (χ1) is 12.2. The van der Waals surface area contributed by atoms with Gasteiger partial charge in [0.05, 0.1) is 12.4 Å². The summed E-state index contributed by atoms with van der Waals surface area (Å²) in [6.07, 6.45) is 8.40. The van der Waals surface area contributed by atoms with Gasteiger partial charge in [-0.25, -0.2) is 4.98 Å². The van der Waals surface area contributed by atoms with E-state index in [1.165, 1.54) is 25.9 Å². The zero-order valence-electron chi connectivity index (χ0n) is 16.1. The maximum Gasteiger partial charge on any atom is 0.193 e. The molecule has 0 bridgehead atoms. The molecule has 2 fully saturated rings. The largest absolute Gasteiger partial charge is 0.357 e. The molecule has 1 aromatic heterocycles. The Morgan fingerprint density at radius 1 is 1.24 bits per heavy atom. The number of nitrogens with one attached hydrogen (secondary N) is 1. The second kappa shape index (κ2) is 8.70. The fraction of sp³-hybridized carbons (Fsp3) is 0.789. The maximum absolute atomic E-state index is 5.01. The number of aromatic nitrogens is 2. The van der Waals surface area contributed by atoms with Crippen molar-refractivity contribution >= 4 is 5.96 Å². The zero-order chi connectivity index (χ0) is 17.6. The first-order valence-electron chi connectivity index (χ1n) is 9.94. The molecule has 140 valence electrons. The van der Waals surface area contributed by atoms with Crippen LogP contribution in [0.5, 0.6) is 0 Å². The van der Waals surface area contributed by atoms with E-state index in [0.29, 0.717) is 17.9 Å². The molecule has 3 rings (SSSR count). The Kier molecular flexibility index (Phi) is 6.34. The summed E-state index contributed by atoms with van der Waals surface area (Å²) in [6.45, 7) is 14.3. The summed E-state index contributed by atoms with van der Waals surface area (Å²) in [7, 11) is 0. The third kappa shape index (κ3) is 4.54. The molecule has 25 heavy (non-hydrogen) atoms. The number of hydrogen-bond donors (Lipinski definition) is 1. The van der Waals surface area contributed by atoms with Crippen LogP contribution in [-0.2, 0) is 0 Å². The molecular formula is C19H34N6. The molecular weight excluding hydrogens is 312 g/mol. The normalized spacial score (nSPS) is 28.5. The van der Waals surface area contributed by atoms with Crippen LogP contribution in [0.15, 0.2) is 23.7 Å². The van der Waals surface area contributed by atoms with Crippen LogP contribution < -0.4 is 5.32 Å². The lowest BCUT2D eigenvalue weighted by molar-refractivity contribution is 0.189. The molecule has 1 N–H and O–H groups in total. The van der Waals surface area contributed by atoms with Crippen LogP contribution in [0.25, 0.3) is 0 Å². The second-order valence-corrected chi connectivity index (χ2v) is 7.53. The van der Waals surface area contributed by atoms with Gasteiger partial charge in [0, 0.05) is 45.1 Å². The van der Waals surface area contributed by atoms with Crippen molar-refractivity contribution in [2.45, 2.75) is 39.7 Å². The van der Waals surface area contributed by atoms with Crippen LogP contribution >= 0.6 is 0 Å². The molecule has 1 aromatic rings. The summed E-state index contributed by atoms with van der Waals surface area (Å²) in [5.41, 5.74) is 0. The van der Waals surface area contributed by atoms with Gasteiger partial charge in [0.1, 0.15) is 0 Å². The van der Waals surface area contributed by atoms with Crippen molar-refractivity contribution in [3.63, 3.8) is 0 Å². The third-order valence-corrected chi connectivity index (χ3v) is 5.78. The van der Waals surface area contributed by atoms with Crippen molar-refractivity contribution in [1.82, 2.24) is 24.7 Å². The number of rotatable bonds is 5. The van der Waals surface area contributed by atoms with Crippen LogP contribution in [-0.4, -0.2) is 71.1 Å². The van der Waals surface area contributed by atoms with Gasteiger partial charge in [0.25, 0.3) is 0 Å². The lowest BCUT2D eigenvalue weighted by Gasteiger charge is -2.39. The SMILES string of the molecule is CCNC(=NCC1CCN(CC)C1)N1CCC(C)C(n2ccnc2)C1. The summed E-state index contributed by atoms with van der Waals surface area (Å²) in [4.78, 5) is 14.2. The number of hydrogen-bond acceptors (Lipinski definition) is 3. The predicted octanol–water partition coefficient (Wildman–Crippen LogP) is 2.07. The minimum atomic E-state index is 0.474. The topological polar surface area (TPSA) is 48.7 Å². The van der Waals surface area contributed by atoms with E-state index in [0.717, 1.165) is 38.7 Å². The molecule has 0 aromatic carbocycles. The number of piperidine rings is 1. The smallest absolute Gasteiger partial charge is 0.193 e. The van der Waals surface area contributed by atoms with E-state index >= 15 is 0 Å². The molecule has 0 radical (unpaired) electrons. The molecule has 2 saturated heterocycles. The van der Waals surface area contributed by atoms with Crippen molar-refractivity contribution in [2.75, 3.05) is 45.8 Å². The van der Waals surface area contributed by atoms with Gasteiger partial charge in [0.15, 0.2) is 5.96 Å². The van der Waals surface area contributed by atoms with Gasteiger partial charge in [-0.2, -0.15) is 0 Å². The Bertz CT molecular complexity index is 540. The molecule has 3 atom stereocenters. The molecule has 0 saturated carbocycles. The standard InChI is InChI=1S/C19H34N6/c1-4-21-19(22-12-17-7-9-23(5-2)13-17)24-10-6-16(3)18(14-24)25-11-8-20-15-25/h8,11,15-18H,4-7,9-10,12-14H2,1-3H3,(H,21,22). The molecule has 6 heteroatoms. The zero-order valence-corrected chi connectivity index (χ0v) is 16.1. The van der Waals surface area contributed by atoms with Crippen molar-refractivity contribution in [2.24, 2.45) is 16.8 Å². The van der Waals surface area contributed by atoms with E-state index in [4.69, 9.17) is 4.99 Å². The monoisotopic (exact) mass is 346 g/mol. The minimum absolute atomic E-state index is 0.474. The summed E-state index contributed by atoms with van der Waals surface area (Å²) in [5.74, 6) is 2.47. The molecule has 0 aliphatic carbocycles. The van der Waals surface area contributed by atoms with E-state index in [2.05, 4.69) is 51.6 Å². The highest BCUT2D eigenvalue weighted by Crippen LogP contribution is 2.27. The van der Waals surface area contributed by atoms with Gasteiger partial charge in [0.2, 0.25) is 0 Å². The Labute approximate surface area is 152 Å². The Morgan fingerprint density at radius 2 is 2.12 bits per heavy atom. The van der Waals surface area contributed by atoms with E-state index in [1.54, 1.807) is 0 Å².